The number of hydrogen-bond acceptors (Lipinski definition) is 4. The number of hydrogen-bond donors (Lipinski definition) is 0. The first-order valence-electron chi connectivity index (χ1n) is 10.7. The van der Waals surface area contributed by atoms with Crippen LogP contribution >= 0.6 is 0 Å². The Morgan fingerprint density at radius 3 is 1.44 bits per heavy atom. The molecule has 0 unspecified atom stereocenters. The summed E-state index contributed by atoms with van der Waals surface area (Å²) in [5, 5.41) is 0. The van der Waals surface area contributed by atoms with Crippen LogP contribution in [0, 0.1) is 0 Å². The van der Waals surface area contributed by atoms with Crippen LogP contribution in [0.2, 0.25) is 0 Å². The molecule has 1 rings (SSSR count). The van der Waals surface area contributed by atoms with Crippen LogP contribution in [0.5, 0.6) is 0 Å². The van der Waals surface area contributed by atoms with E-state index in [1.807, 2.05) is 0 Å². The van der Waals surface area contributed by atoms with Crippen molar-refractivity contribution in [2.24, 2.45) is 0 Å². The monoisotopic (exact) mass is 391 g/mol. The van der Waals surface area contributed by atoms with E-state index < -0.39 is 17.3 Å². The molecule has 0 radical (unpaired) electrons. The third-order valence-electron chi connectivity index (χ3n) is 5.02. The van der Waals surface area contributed by atoms with E-state index in [0.717, 1.165) is 12.8 Å². The first kappa shape index (κ1) is 23.1. The average molecular weight is 391 g/mol. The first-order chi connectivity index (χ1) is 12.2. The Kier molecular flexibility index (Phi) is 14.1. The fourth-order valence-electron chi connectivity index (χ4n) is 3.36. The van der Waals surface area contributed by atoms with Gasteiger partial charge in [0.2, 0.25) is 0 Å². The van der Waals surface area contributed by atoms with Gasteiger partial charge >= 0.3 is 120 Å². The topological polar surface area (TPSA) is 52.6 Å². The van der Waals surface area contributed by atoms with E-state index in [2.05, 4.69) is 6.92 Å². The van der Waals surface area contributed by atoms with E-state index in [-0.39, 0.29) is 4.09 Å². The van der Waals surface area contributed by atoms with Crippen molar-refractivity contribution in [1.82, 2.24) is 0 Å². The van der Waals surface area contributed by atoms with Gasteiger partial charge in [-0.3, -0.25) is 0 Å². The summed E-state index contributed by atoms with van der Waals surface area (Å²) in [6.07, 6.45) is 19.9. The second-order valence-electron chi connectivity index (χ2n) is 7.38. The second-order valence-corrected chi connectivity index (χ2v) is 10.9. The van der Waals surface area contributed by atoms with E-state index in [0.29, 0.717) is 19.6 Å². The van der Waals surface area contributed by atoms with Gasteiger partial charge in [0.15, 0.2) is 0 Å². The summed E-state index contributed by atoms with van der Waals surface area (Å²) in [5.41, 5.74) is 0. The summed E-state index contributed by atoms with van der Waals surface area (Å²) in [6.45, 7) is 2.89. The molecular formula is C20H39O4Ti. The van der Waals surface area contributed by atoms with E-state index in [9.17, 15) is 8.12 Å². The van der Waals surface area contributed by atoms with Gasteiger partial charge in [-0.05, 0) is 0 Å². The third-order valence-corrected chi connectivity index (χ3v) is 8.30. The van der Waals surface area contributed by atoms with E-state index in [1.165, 1.54) is 83.5 Å². The molecule has 0 aromatic rings. The van der Waals surface area contributed by atoms with Gasteiger partial charge < -0.3 is 0 Å². The molecule has 1 aliphatic heterocycles. The molecule has 1 aliphatic rings. The summed E-state index contributed by atoms with van der Waals surface area (Å²) in [7, 11) is 0. The van der Waals surface area contributed by atoms with Crippen LogP contribution in [-0.2, 0) is 32.1 Å². The molecule has 1 saturated heterocycles. The molecule has 147 valence electrons. The standard InChI is InChI=1S/C18H35O.C2H4O2.O.Ti/c1-2-3-4-5-6-7-8-9-10-11-12-13-14-15-16-17-18-19;3-1-2-4;;/h2-17H2,1H3;1-2H2;;/q;-2;;+2. The molecular weight excluding hydrogens is 352 g/mol. The molecule has 1 heterocycles. The molecule has 0 spiro atoms. The molecule has 5 heteroatoms. The Balaban J connectivity index is 1.77. The van der Waals surface area contributed by atoms with Crippen LogP contribution in [0.25, 0.3) is 0 Å². The van der Waals surface area contributed by atoms with Crippen molar-refractivity contribution in [3.05, 3.63) is 0 Å². The van der Waals surface area contributed by atoms with Gasteiger partial charge in [0.05, 0.1) is 0 Å². The Hall–Kier alpha value is 0.104. The van der Waals surface area contributed by atoms with E-state index >= 15 is 0 Å². The van der Waals surface area contributed by atoms with Gasteiger partial charge in [0, 0.05) is 0 Å². The van der Waals surface area contributed by atoms with Crippen LogP contribution < -0.4 is 0 Å². The Morgan fingerprint density at radius 1 is 0.680 bits per heavy atom. The van der Waals surface area contributed by atoms with Crippen molar-refractivity contribution in [2.75, 3.05) is 13.2 Å². The molecule has 4 nitrogen and oxygen atoms in total. The normalized spacial score (nSPS) is 16.4. The number of unbranched alkanes of at least 4 members (excludes halogenated alkanes) is 14. The molecule has 0 aromatic heterocycles. The van der Waals surface area contributed by atoms with Crippen molar-refractivity contribution >= 4 is 4.09 Å². The van der Waals surface area contributed by atoms with Gasteiger partial charge in [-0.1, -0.05) is 39.0 Å². The maximum atomic E-state index is 12.0. The first-order valence-corrected chi connectivity index (χ1v) is 13.4. The van der Waals surface area contributed by atoms with Gasteiger partial charge in [-0.25, -0.2) is 0 Å². The average Bonchev–Trinajstić information content (AvgIpc) is 3.06. The number of rotatable bonds is 17. The van der Waals surface area contributed by atoms with E-state index in [4.69, 9.17) is 6.64 Å². The summed E-state index contributed by atoms with van der Waals surface area (Å²) >= 11 is -4.21. The van der Waals surface area contributed by atoms with Crippen molar-refractivity contribution in [3.63, 3.8) is 0 Å². The van der Waals surface area contributed by atoms with Crippen LogP contribution in [0.4, 0.5) is 0 Å². The fourth-order valence-corrected chi connectivity index (χ4v) is 5.85. The quantitative estimate of drug-likeness (QED) is 0.220. The molecule has 0 N–H and O–H groups in total. The zero-order chi connectivity index (χ0) is 18.2. The summed E-state index contributed by atoms with van der Waals surface area (Å²) in [5.74, 6) is 0. The van der Waals surface area contributed by atoms with Crippen molar-refractivity contribution in [1.29, 1.82) is 0 Å². The summed E-state index contributed by atoms with van der Waals surface area (Å²) < 4.78 is 21.8. The van der Waals surface area contributed by atoms with E-state index in [1.54, 1.807) is 0 Å². The van der Waals surface area contributed by atoms with Crippen molar-refractivity contribution in [3.8, 4) is 0 Å². The molecule has 0 bridgehead atoms. The maximum absolute atomic E-state index is 12.0. The summed E-state index contributed by atoms with van der Waals surface area (Å²) in [6, 6.07) is 0. The molecule has 0 atom stereocenters. The van der Waals surface area contributed by atoms with Crippen LogP contribution in [0.3, 0.4) is 0 Å². The Bertz CT molecular complexity index is 374. The fraction of sp³-hybridized carbons (Fsp3) is 0.950. The predicted molar refractivity (Wildman–Crippen MR) is 97.1 cm³/mol. The Labute approximate surface area is 159 Å². The van der Waals surface area contributed by atoms with Gasteiger partial charge in [0.25, 0.3) is 0 Å². The zero-order valence-corrected chi connectivity index (χ0v) is 17.9. The number of carbonyl (C=O) groups excluding carboxylic acids is 1. The molecule has 25 heavy (non-hydrogen) atoms. The SMILES string of the molecule is CCCCCCCCCCCCCCCCC[C](=O)[Ti]1(=[O])[O]CC[O]1. The van der Waals surface area contributed by atoms with Crippen LogP contribution in [0.1, 0.15) is 110 Å². The minimum atomic E-state index is -4.21. The van der Waals surface area contributed by atoms with Crippen molar-refractivity contribution < 1.29 is 32.1 Å². The van der Waals surface area contributed by atoms with Gasteiger partial charge in [0.1, 0.15) is 0 Å². The molecule has 1 fully saturated rings. The minimum absolute atomic E-state index is 0.257. The molecule has 0 aliphatic carbocycles. The molecule has 0 saturated carbocycles. The third kappa shape index (κ3) is 11.4. The molecule has 0 amide bonds. The Morgan fingerprint density at radius 2 is 1.04 bits per heavy atom. The predicted octanol–water partition coefficient (Wildman–Crippen LogP) is 6.15. The van der Waals surface area contributed by atoms with Crippen molar-refractivity contribution in [2.45, 2.75) is 110 Å². The number of carbonyl (C=O) groups is 1. The molecule has 0 aromatic carbocycles. The van der Waals surface area contributed by atoms with Gasteiger partial charge in [-0.15, -0.1) is 0 Å². The van der Waals surface area contributed by atoms with Gasteiger partial charge in [-0.2, -0.15) is 0 Å². The zero-order valence-electron chi connectivity index (χ0n) is 16.4. The summed E-state index contributed by atoms with van der Waals surface area (Å²) in [4.78, 5) is 11.8. The van der Waals surface area contributed by atoms with Crippen LogP contribution in [-0.4, -0.2) is 17.3 Å². The second kappa shape index (κ2) is 15.2. The van der Waals surface area contributed by atoms with Crippen LogP contribution in [0.15, 0.2) is 0 Å².